The Balaban J connectivity index is 1.90. The van der Waals surface area contributed by atoms with Crippen LogP contribution >= 0.6 is 15.9 Å². The first kappa shape index (κ1) is 12.6. The molecule has 1 amide bonds. The van der Waals surface area contributed by atoms with Crippen molar-refractivity contribution in [3.8, 4) is 0 Å². The van der Waals surface area contributed by atoms with E-state index in [0.29, 0.717) is 19.5 Å². The van der Waals surface area contributed by atoms with Crippen LogP contribution in [0.4, 0.5) is 0 Å². The van der Waals surface area contributed by atoms with Crippen LogP contribution in [-0.2, 0) is 4.79 Å². The molecule has 17 heavy (non-hydrogen) atoms. The quantitative estimate of drug-likeness (QED) is 0.929. The molecule has 1 unspecified atom stereocenters. The summed E-state index contributed by atoms with van der Waals surface area (Å²) in [5.74, 6) is 0.346. The number of carbonyl (C=O) groups excluding carboxylic acids is 1. The molecule has 1 aliphatic heterocycles. The smallest absolute Gasteiger partial charge is 0.223 e. The monoisotopic (exact) mass is 297 g/mol. The number of amides is 1. The second kappa shape index (κ2) is 5.19. The van der Waals surface area contributed by atoms with E-state index < -0.39 is 0 Å². The molecule has 1 saturated heterocycles. The van der Waals surface area contributed by atoms with E-state index in [1.165, 1.54) is 5.56 Å². The highest BCUT2D eigenvalue weighted by molar-refractivity contribution is 9.10. The molecule has 1 aliphatic rings. The third-order valence-corrected chi connectivity index (χ3v) is 3.66. The topological polar surface area (TPSA) is 40.5 Å². The van der Waals surface area contributed by atoms with Crippen LogP contribution in [0.15, 0.2) is 28.7 Å². The van der Waals surface area contributed by atoms with Gasteiger partial charge in [0.1, 0.15) is 0 Å². The van der Waals surface area contributed by atoms with Crippen LogP contribution in [0.25, 0.3) is 0 Å². The van der Waals surface area contributed by atoms with Gasteiger partial charge in [0.2, 0.25) is 5.91 Å². The van der Waals surface area contributed by atoms with Crippen molar-refractivity contribution in [3.05, 3.63) is 34.3 Å². The number of benzene rings is 1. The predicted molar refractivity (Wildman–Crippen MR) is 69.8 cm³/mol. The SMILES string of the molecule is CC(CC(=O)N1CC(O)C1)c1ccc(Br)cc1. The number of halogens is 1. The molecule has 0 spiro atoms. The Morgan fingerprint density at radius 1 is 1.47 bits per heavy atom. The Bertz CT molecular complexity index is 398. The van der Waals surface area contributed by atoms with Crippen molar-refractivity contribution in [2.24, 2.45) is 0 Å². The van der Waals surface area contributed by atoms with Gasteiger partial charge < -0.3 is 10.0 Å². The molecule has 3 nitrogen and oxygen atoms in total. The summed E-state index contributed by atoms with van der Waals surface area (Å²) >= 11 is 3.39. The highest BCUT2D eigenvalue weighted by Gasteiger charge is 2.29. The second-order valence-corrected chi connectivity index (χ2v) is 5.52. The number of nitrogens with zero attached hydrogens (tertiary/aromatic N) is 1. The van der Waals surface area contributed by atoms with Gasteiger partial charge in [0, 0.05) is 24.0 Å². The number of carbonyl (C=O) groups is 1. The molecular weight excluding hydrogens is 282 g/mol. The molecule has 1 fully saturated rings. The van der Waals surface area contributed by atoms with Crippen LogP contribution in [0, 0.1) is 0 Å². The summed E-state index contributed by atoms with van der Waals surface area (Å²) in [6.45, 7) is 3.04. The maximum absolute atomic E-state index is 11.8. The van der Waals surface area contributed by atoms with Gasteiger partial charge in [-0.15, -0.1) is 0 Å². The zero-order chi connectivity index (χ0) is 12.4. The lowest BCUT2D eigenvalue weighted by Crippen LogP contribution is -2.53. The summed E-state index contributed by atoms with van der Waals surface area (Å²) in [6, 6.07) is 8.05. The van der Waals surface area contributed by atoms with Gasteiger partial charge in [0.15, 0.2) is 0 Å². The van der Waals surface area contributed by atoms with Gasteiger partial charge in [0.05, 0.1) is 6.10 Å². The summed E-state index contributed by atoms with van der Waals surface area (Å²) in [7, 11) is 0. The van der Waals surface area contributed by atoms with Crippen molar-refractivity contribution in [3.63, 3.8) is 0 Å². The summed E-state index contributed by atoms with van der Waals surface area (Å²) < 4.78 is 1.05. The van der Waals surface area contributed by atoms with Gasteiger partial charge in [0.25, 0.3) is 0 Å². The van der Waals surface area contributed by atoms with Gasteiger partial charge >= 0.3 is 0 Å². The third-order valence-electron chi connectivity index (χ3n) is 3.13. The van der Waals surface area contributed by atoms with Crippen molar-refractivity contribution in [1.29, 1.82) is 0 Å². The first-order chi connectivity index (χ1) is 8.06. The molecular formula is C13H16BrNO2. The number of rotatable bonds is 3. The van der Waals surface area contributed by atoms with Crippen LogP contribution in [0.3, 0.4) is 0 Å². The summed E-state index contributed by atoms with van der Waals surface area (Å²) in [4.78, 5) is 13.5. The number of aliphatic hydroxyl groups excluding tert-OH is 1. The van der Waals surface area contributed by atoms with Gasteiger partial charge in [-0.05, 0) is 23.6 Å². The van der Waals surface area contributed by atoms with Gasteiger partial charge in [-0.2, -0.15) is 0 Å². The maximum Gasteiger partial charge on any atom is 0.223 e. The summed E-state index contributed by atoms with van der Waals surface area (Å²) in [5, 5.41) is 9.15. The van der Waals surface area contributed by atoms with Crippen molar-refractivity contribution in [2.75, 3.05) is 13.1 Å². The molecule has 1 aromatic carbocycles. The van der Waals surface area contributed by atoms with Gasteiger partial charge in [-0.1, -0.05) is 35.0 Å². The number of aliphatic hydroxyl groups is 1. The zero-order valence-corrected chi connectivity index (χ0v) is 11.4. The van der Waals surface area contributed by atoms with Crippen LogP contribution in [0.2, 0.25) is 0 Å². The first-order valence-electron chi connectivity index (χ1n) is 5.77. The third kappa shape index (κ3) is 3.07. The lowest BCUT2D eigenvalue weighted by atomic mass is 9.96. The maximum atomic E-state index is 11.8. The fourth-order valence-electron chi connectivity index (χ4n) is 1.96. The van der Waals surface area contributed by atoms with E-state index in [-0.39, 0.29) is 17.9 Å². The minimum Gasteiger partial charge on any atom is -0.389 e. The van der Waals surface area contributed by atoms with E-state index in [1.54, 1.807) is 4.90 Å². The van der Waals surface area contributed by atoms with Crippen molar-refractivity contribution in [2.45, 2.75) is 25.4 Å². The molecule has 1 heterocycles. The molecule has 4 heteroatoms. The van der Waals surface area contributed by atoms with E-state index in [0.717, 1.165) is 4.47 Å². The van der Waals surface area contributed by atoms with E-state index in [2.05, 4.69) is 22.9 Å². The Labute approximate surface area is 110 Å². The highest BCUT2D eigenvalue weighted by atomic mass is 79.9. The fraction of sp³-hybridized carbons (Fsp3) is 0.462. The largest absolute Gasteiger partial charge is 0.389 e. The van der Waals surface area contributed by atoms with Crippen LogP contribution in [0.5, 0.6) is 0 Å². The molecule has 0 aromatic heterocycles. The number of β-amino-alcohol motifs (C(OH)–C–C–N with tert-alkyl or cyclic N) is 1. The minimum atomic E-state index is -0.318. The Morgan fingerprint density at radius 2 is 2.06 bits per heavy atom. The highest BCUT2D eigenvalue weighted by Crippen LogP contribution is 2.23. The summed E-state index contributed by atoms with van der Waals surface area (Å²) in [6.07, 6.45) is 0.191. The molecule has 1 atom stereocenters. The predicted octanol–water partition coefficient (Wildman–Crippen LogP) is 2.15. The lowest BCUT2D eigenvalue weighted by Gasteiger charge is -2.36. The molecule has 92 valence electrons. The minimum absolute atomic E-state index is 0.130. The van der Waals surface area contributed by atoms with Gasteiger partial charge in [-0.25, -0.2) is 0 Å². The van der Waals surface area contributed by atoms with Crippen LogP contribution < -0.4 is 0 Å². The first-order valence-corrected chi connectivity index (χ1v) is 6.57. The molecule has 0 aliphatic carbocycles. The average molecular weight is 298 g/mol. The number of hydrogen-bond donors (Lipinski definition) is 1. The van der Waals surface area contributed by atoms with E-state index in [1.807, 2.05) is 24.3 Å². The van der Waals surface area contributed by atoms with Crippen LogP contribution in [-0.4, -0.2) is 35.1 Å². The van der Waals surface area contributed by atoms with E-state index in [4.69, 9.17) is 5.11 Å². The van der Waals surface area contributed by atoms with Crippen LogP contribution in [0.1, 0.15) is 24.8 Å². The molecule has 2 rings (SSSR count). The Kier molecular flexibility index (Phi) is 3.84. The standard InChI is InChI=1S/C13H16BrNO2/c1-9(10-2-4-11(14)5-3-10)6-13(17)15-7-12(16)8-15/h2-5,9,12,16H,6-8H2,1H3. The average Bonchev–Trinajstić information content (AvgIpc) is 2.25. The molecule has 0 radical (unpaired) electrons. The molecule has 0 bridgehead atoms. The van der Waals surface area contributed by atoms with Crippen molar-refractivity contribution < 1.29 is 9.90 Å². The molecule has 1 aromatic rings. The fourth-order valence-corrected chi connectivity index (χ4v) is 2.22. The van der Waals surface area contributed by atoms with E-state index in [9.17, 15) is 4.79 Å². The summed E-state index contributed by atoms with van der Waals surface area (Å²) in [5.41, 5.74) is 1.17. The molecule has 1 N–H and O–H groups in total. The van der Waals surface area contributed by atoms with Gasteiger partial charge in [-0.3, -0.25) is 4.79 Å². The van der Waals surface area contributed by atoms with E-state index >= 15 is 0 Å². The number of hydrogen-bond acceptors (Lipinski definition) is 2. The Hall–Kier alpha value is -0.870. The zero-order valence-electron chi connectivity index (χ0n) is 9.77. The number of likely N-dealkylation sites (tertiary alicyclic amines) is 1. The normalized spacial score (nSPS) is 17.7. The van der Waals surface area contributed by atoms with Crippen molar-refractivity contribution >= 4 is 21.8 Å². The second-order valence-electron chi connectivity index (χ2n) is 4.61. The Morgan fingerprint density at radius 3 is 2.59 bits per heavy atom. The molecule has 0 saturated carbocycles. The lowest BCUT2D eigenvalue weighted by molar-refractivity contribution is -0.141. The van der Waals surface area contributed by atoms with Crippen molar-refractivity contribution in [1.82, 2.24) is 4.90 Å².